The summed E-state index contributed by atoms with van der Waals surface area (Å²) in [5, 5.41) is 3.89. The first kappa shape index (κ1) is 19.4. The molecule has 1 atom stereocenters. The van der Waals surface area contributed by atoms with Gasteiger partial charge in [-0.15, -0.1) is 0 Å². The van der Waals surface area contributed by atoms with Gasteiger partial charge in [0.25, 0.3) is 0 Å². The van der Waals surface area contributed by atoms with Crippen LogP contribution in [0, 0.1) is 0 Å². The zero-order valence-corrected chi connectivity index (χ0v) is 14.4. The third-order valence-corrected chi connectivity index (χ3v) is 4.93. The maximum atomic E-state index is 12.2. The normalized spacial score (nSPS) is 20.6. The summed E-state index contributed by atoms with van der Waals surface area (Å²) in [6, 6.07) is 0. The smallest absolute Gasteiger partial charge is 0.356 e. The summed E-state index contributed by atoms with van der Waals surface area (Å²) in [6.07, 6.45) is -2.33. The molecule has 1 aliphatic rings. The monoisotopic (exact) mass is 340 g/mol. The van der Waals surface area contributed by atoms with Gasteiger partial charge >= 0.3 is 6.18 Å². The van der Waals surface area contributed by atoms with Gasteiger partial charge in [0.15, 0.2) is 5.96 Å². The summed E-state index contributed by atoms with van der Waals surface area (Å²) < 4.78 is 36.7. The molecule has 8 heteroatoms. The van der Waals surface area contributed by atoms with Crippen molar-refractivity contribution in [3.63, 3.8) is 0 Å². The van der Waals surface area contributed by atoms with Crippen LogP contribution in [0.4, 0.5) is 13.2 Å². The van der Waals surface area contributed by atoms with Crippen molar-refractivity contribution in [1.82, 2.24) is 15.1 Å². The lowest BCUT2D eigenvalue weighted by Crippen LogP contribution is -2.48. The Kier molecular flexibility index (Phi) is 8.38. The number of nitrogens with zero attached hydrogens (tertiary/aromatic N) is 3. The van der Waals surface area contributed by atoms with Crippen LogP contribution in [-0.2, 0) is 0 Å². The van der Waals surface area contributed by atoms with E-state index in [2.05, 4.69) is 22.1 Å². The number of hydrogen-bond acceptors (Lipinski definition) is 3. The second kappa shape index (κ2) is 9.50. The molecular weight excluding hydrogens is 313 g/mol. The number of thioether (sulfide) groups is 1. The molecule has 0 bridgehead atoms. The molecule has 4 nitrogen and oxygen atoms in total. The molecule has 1 aliphatic heterocycles. The quantitative estimate of drug-likeness (QED) is 0.457. The van der Waals surface area contributed by atoms with E-state index in [0.29, 0.717) is 24.8 Å². The van der Waals surface area contributed by atoms with Crippen LogP contribution in [0.15, 0.2) is 4.99 Å². The minimum Gasteiger partial charge on any atom is -0.356 e. The molecular formula is C14H27F3N4S. The lowest BCUT2D eigenvalue weighted by molar-refractivity contribution is -0.143. The molecule has 0 aromatic heterocycles. The molecule has 1 heterocycles. The lowest BCUT2D eigenvalue weighted by atomic mass is 10.3. The fourth-order valence-electron chi connectivity index (χ4n) is 2.43. The van der Waals surface area contributed by atoms with Crippen LogP contribution in [0.1, 0.15) is 19.8 Å². The van der Waals surface area contributed by atoms with E-state index in [9.17, 15) is 13.2 Å². The van der Waals surface area contributed by atoms with E-state index in [1.54, 1.807) is 7.05 Å². The SMILES string of the molecule is CCC1CN(C(=NC)NCCCN(C)CC(F)(F)F)CCS1. The van der Waals surface area contributed by atoms with Gasteiger partial charge in [-0.2, -0.15) is 24.9 Å². The molecule has 0 aliphatic carbocycles. The van der Waals surface area contributed by atoms with Crippen molar-refractivity contribution in [3.8, 4) is 0 Å². The number of alkyl halides is 3. The van der Waals surface area contributed by atoms with Gasteiger partial charge in [0, 0.05) is 37.7 Å². The van der Waals surface area contributed by atoms with Gasteiger partial charge in [-0.3, -0.25) is 9.89 Å². The van der Waals surface area contributed by atoms with Crippen molar-refractivity contribution in [3.05, 3.63) is 0 Å². The highest BCUT2D eigenvalue weighted by molar-refractivity contribution is 8.00. The molecule has 0 aromatic carbocycles. The molecule has 130 valence electrons. The van der Waals surface area contributed by atoms with Crippen LogP contribution in [0.5, 0.6) is 0 Å². The molecule has 1 rings (SSSR count). The third kappa shape index (κ3) is 7.58. The van der Waals surface area contributed by atoms with Crippen LogP contribution < -0.4 is 5.32 Å². The summed E-state index contributed by atoms with van der Waals surface area (Å²) in [5.41, 5.74) is 0. The summed E-state index contributed by atoms with van der Waals surface area (Å²) >= 11 is 1.99. The van der Waals surface area contributed by atoms with Crippen molar-refractivity contribution in [2.75, 3.05) is 52.6 Å². The van der Waals surface area contributed by atoms with Crippen molar-refractivity contribution in [2.24, 2.45) is 4.99 Å². The zero-order chi connectivity index (χ0) is 16.6. The van der Waals surface area contributed by atoms with Gasteiger partial charge in [0.1, 0.15) is 0 Å². The van der Waals surface area contributed by atoms with Gasteiger partial charge in [-0.25, -0.2) is 0 Å². The average molecular weight is 340 g/mol. The second-order valence-electron chi connectivity index (χ2n) is 5.53. The number of aliphatic imine (C=N–C) groups is 1. The van der Waals surface area contributed by atoms with Crippen LogP contribution in [0.3, 0.4) is 0 Å². The minimum absolute atomic E-state index is 0.414. The van der Waals surface area contributed by atoms with E-state index >= 15 is 0 Å². The standard InChI is InChI=1S/C14H27F3N4S/c1-4-12-10-21(8-9-22-12)13(18-2)19-6-5-7-20(3)11-14(15,16)17/h12H,4-11H2,1-3H3,(H,18,19). The number of hydrogen-bond donors (Lipinski definition) is 1. The van der Waals surface area contributed by atoms with Gasteiger partial charge in [0.05, 0.1) is 6.54 Å². The molecule has 1 unspecified atom stereocenters. The van der Waals surface area contributed by atoms with E-state index in [1.165, 1.54) is 11.9 Å². The number of rotatable bonds is 6. The number of halogens is 3. The fourth-order valence-corrected chi connectivity index (χ4v) is 3.61. The summed E-state index contributed by atoms with van der Waals surface area (Å²) in [4.78, 5) is 7.83. The number of nitrogens with one attached hydrogen (secondary N) is 1. The Hall–Kier alpha value is -0.630. The Balaban J connectivity index is 2.27. The van der Waals surface area contributed by atoms with E-state index in [-0.39, 0.29) is 0 Å². The maximum absolute atomic E-state index is 12.2. The van der Waals surface area contributed by atoms with Crippen LogP contribution >= 0.6 is 11.8 Å². The molecule has 0 spiro atoms. The molecule has 1 fully saturated rings. The predicted octanol–water partition coefficient (Wildman–Crippen LogP) is 2.27. The predicted molar refractivity (Wildman–Crippen MR) is 87.6 cm³/mol. The van der Waals surface area contributed by atoms with Gasteiger partial charge in [-0.05, 0) is 26.4 Å². The highest BCUT2D eigenvalue weighted by Crippen LogP contribution is 2.21. The fraction of sp³-hybridized carbons (Fsp3) is 0.929. The summed E-state index contributed by atoms with van der Waals surface area (Å²) in [7, 11) is 3.25. The van der Waals surface area contributed by atoms with E-state index in [1.807, 2.05) is 11.8 Å². The largest absolute Gasteiger partial charge is 0.401 e. The Morgan fingerprint density at radius 1 is 1.45 bits per heavy atom. The Labute approximate surface area is 135 Å². The van der Waals surface area contributed by atoms with Crippen molar-refractivity contribution in [2.45, 2.75) is 31.2 Å². The highest BCUT2D eigenvalue weighted by Gasteiger charge is 2.28. The topological polar surface area (TPSA) is 30.9 Å². The third-order valence-electron chi connectivity index (χ3n) is 3.55. The first-order valence-electron chi connectivity index (χ1n) is 7.68. The van der Waals surface area contributed by atoms with Gasteiger partial charge in [-0.1, -0.05) is 6.92 Å². The van der Waals surface area contributed by atoms with Crippen molar-refractivity contribution in [1.29, 1.82) is 0 Å². The van der Waals surface area contributed by atoms with Gasteiger partial charge < -0.3 is 10.2 Å². The van der Waals surface area contributed by atoms with Crippen LogP contribution in [0.25, 0.3) is 0 Å². The lowest BCUT2D eigenvalue weighted by Gasteiger charge is -2.34. The minimum atomic E-state index is -4.13. The molecule has 0 radical (unpaired) electrons. The van der Waals surface area contributed by atoms with E-state index < -0.39 is 12.7 Å². The second-order valence-corrected chi connectivity index (χ2v) is 6.94. The van der Waals surface area contributed by atoms with Crippen LogP contribution in [-0.4, -0.2) is 79.8 Å². The molecule has 1 N–H and O–H groups in total. The average Bonchev–Trinajstić information content (AvgIpc) is 2.45. The van der Waals surface area contributed by atoms with E-state index in [4.69, 9.17) is 0 Å². The summed E-state index contributed by atoms with van der Waals surface area (Å²) in [6.45, 7) is 4.33. The Morgan fingerprint density at radius 3 is 2.77 bits per heavy atom. The van der Waals surface area contributed by atoms with Crippen molar-refractivity contribution < 1.29 is 13.2 Å². The molecule has 22 heavy (non-hydrogen) atoms. The molecule has 0 amide bonds. The summed E-state index contributed by atoms with van der Waals surface area (Å²) in [5.74, 6) is 1.95. The Bertz CT molecular complexity index is 349. The van der Waals surface area contributed by atoms with Crippen LogP contribution in [0.2, 0.25) is 0 Å². The van der Waals surface area contributed by atoms with Gasteiger partial charge in [0.2, 0.25) is 0 Å². The molecule has 1 saturated heterocycles. The zero-order valence-electron chi connectivity index (χ0n) is 13.6. The highest BCUT2D eigenvalue weighted by atomic mass is 32.2. The first-order valence-corrected chi connectivity index (χ1v) is 8.73. The first-order chi connectivity index (χ1) is 10.4. The maximum Gasteiger partial charge on any atom is 0.401 e. The Morgan fingerprint density at radius 2 is 2.18 bits per heavy atom. The van der Waals surface area contributed by atoms with Crippen molar-refractivity contribution >= 4 is 17.7 Å². The molecule has 0 saturated carbocycles. The van der Waals surface area contributed by atoms with E-state index in [0.717, 1.165) is 31.2 Å². The number of guanidine groups is 1. The molecule has 0 aromatic rings.